The van der Waals surface area contributed by atoms with Crippen LogP contribution in [0, 0.1) is 0 Å². The Bertz CT molecular complexity index is 493. The second kappa shape index (κ2) is 6.02. The van der Waals surface area contributed by atoms with E-state index in [0.29, 0.717) is 23.7 Å². The van der Waals surface area contributed by atoms with Crippen LogP contribution < -0.4 is 5.32 Å². The van der Waals surface area contributed by atoms with Gasteiger partial charge in [0.25, 0.3) is 5.91 Å². The fourth-order valence-corrected chi connectivity index (χ4v) is 2.46. The molecule has 1 aromatic rings. The lowest BCUT2D eigenvalue weighted by Gasteiger charge is -2.33. The minimum Gasteiger partial charge on any atom is -0.352 e. The topological polar surface area (TPSA) is 62.3 Å². The van der Waals surface area contributed by atoms with Crippen LogP contribution in [0.25, 0.3) is 0 Å². The first-order valence-electron chi connectivity index (χ1n) is 6.24. The Morgan fingerprint density at radius 3 is 3.00 bits per heavy atom. The number of rotatable bonds is 2. The van der Waals surface area contributed by atoms with Crippen LogP contribution in [-0.2, 0) is 4.79 Å². The van der Waals surface area contributed by atoms with Crippen molar-refractivity contribution in [3.63, 3.8) is 0 Å². The molecule has 1 unspecified atom stereocenters. The van der Waals surface area contributed by atoms with Crippen LogP contribution in [-0.4, -0.2) is 40.8 Å². The van der Waals surface area contributed by atoms with E-state index in [9.17, 15) is 9.59 Å². The number of piperidine rings is 1. The van der Waals surface area contributed by atoms with E-state index in [1.807, 2.05) is 0 Å². The normalized spacial score (nSPS) is 19.1. The molecule has 0 aromatic carbocycles. The van der Waals surface area contributed by atoms with Gasteiger partial charge in [-0.25, -0.2) is 0 Å². The lowest BCUT2D eigenvalue weighted by atomic mass is 10.0. The Hall–Kier alpha value is -1.62. The average Bonchev–Trinajstić information content (AvgIpc) is 2.38. The Morgan fingerprint density at radius 2 is 2.32 bits per heavy atom. The SMILES string of the molecule is CC(=O)NC1CCCN(C(=O)c2cnccc2Cl)C1. The molecule has 1 aliphatic rings. The molecule has 5 nitrogen and oxygen atoms in total. The number of carbonyl (C=O) groups is 2. The third-order valence-corrected chi connectivity index (χ3v) is 3.44. The first-order valence-corrected chi connectivity index (χ1v) is 6.61. The van der Waals surface area contributed by atoms with Gasteiger partial charge in [0, 0.05) is 38.4 Å². The van der Waals surface area contributed by atoms with E-state index in [0.717, 1.165) is 12.8 Å². The molecule has 0 saturated carbocycles. The van der Waals surface area contributed by atoms with Gasteiger partial charge < -0.3 is 10.2 Å². The maximum absolute atomic E-state index is 12.3. The van der Waals surface area contributed by atoms with Crippen molar-refractivity contribution in [2.45, 2.75) is 25.8 Å². The van der Waals surface area contributed by atoms with Crippen molar-refractivity contribution in [1.29, 1.82) is 0 Å². The minimum atomic E-state index is -0.131. The van der Waals surface area contributed by atoms with E-state index in [1.165, 1.54) is 13.1 Å². The third kappa shape index (κ3) is 3.44. The molecule has 1 fully saturated rings. The molecule has 1 aromatic heterocycles. The Morgan fingerprint density at radius 1 is 1.53 bits per heavy atom. The molecule has 1 saturated heterocycles. The molecule has 2 amide bonds. The number of halogens is 1. The van der Waals surface area contributed by atoms with E-state index in [1.54, 1.807) is 17.2 Å². The summed E-state index contributed by atoms with van der Waals surface area (Å²) in [6, 6.07) is 1.62. The van der Waals surface area contributed by atoms with Crippen LogP contribution in [0.1, 0.15) is 30.1 Å². The van der Waals surface area contributed by atoms with E-state index < -0.39 is 0 Å². The monoisotopic (exact) mass is 281 g/mol. The molecule has 6 heteroatoms. The third-order valence-electron chi connectivity index (χ3n) is 3.11. The molecule has 0 spiro atoms. The fourth-order valence-electron chi connectivity index (χ4n) is 2.27. The average molecular weight is 282 g/mol. The second-order valence-electron chi connectivity index (χ2n) is 4.65. The summed E-state index contributed by atoms with van der Waals surface area (Å²) in [7, 11) is 0. The standard InChI is InChI=1S/C13H16ClN3O2/c1-9(18)16-10-3-2-6-17(8-10)13(19)11-7-15-5-4-12(11)14/h4-5,7,10H,2-3,6,8H2,1H3,(H,16,18). The van der Waals surface area contributed by atoms with Gasteiger partial charge in [-0.15, -0.1) is 0 Å². The van der Waals surface area contributed by atoms with Crippen LogP contribution >= 0.6 is 11.6 Å². The second-order valence-corrected chi connectivity index (χ2v) is 5.05. The van der Waals surface area contributed by atoms with Gasteiger partial charge in [-0.3, -0.25) is 14.6 Å². The molecule has 1 atom stereocenters. The fraction of sp³-hybridized carbons (Fsp3) is 0.462. The van der Waals surface area contributed by atoms with Crippen molar-refractivity contribution in [3.05, 3.63) is 29.0 Å². The predicted octanol–water partition coefficient (Wildman–Crippen LogP) is 1.48. The van der Waals surface area contributed by atoms with Gasteiger partial charge in [0.15, 0.2) is 0 Å². The van der Waals surface area contributed by atoms with Crippen molar-refractivity contribution in [3.8, 4) is 0 Å². The van der Waals surface area contributed by atoms with Crippen molar-refractivity contribution < 1.29 is 9.59 Å². The van der Waals surface area contributed by atoms with Crippen LogP contribution in [0.3, 0.4) is 0 Å². The van der Waals surface area contributed by atoms with Gasteiger partial charge in [-0.05, 0) is 18.9 Å². The highest BCUT2D eigenvalue weighted by molar-refractivity contribution is 6.33. The molecule has 102 valence electrons. The predicted molar refractivity (Wildman–Crippen MR) is 72.0 cm³/mol. The highest BCUT2D eigenvalue weighted by atomic mass is 35.5. The molecule has 19 heavy (non-hydrogen) atoms. The van der Waals surface area contributed by atoms with Crippen LogP contribution in [0.4, 0.5) is 0 Å². The number of carbonyl (C=O) groups excluding carboxylic acids is 2. The zero-order valence-corrected chi connectivity index (χ0v) is 11.5. The summed E-state index contributed by atoms with van der Waals surface area (Å²) in [6.07, 6.45) is 4.79. The number of nitrogens with one attached hydrogen (secondary N) is 1. The quantitative estimate of drug-likeness (QED) is 0.893. The first-order chi connectivity index (χ1) is 9.08. The van der Waals surface area contributed by atoms with Gasteiger partial charge in [-0.2, -0.15) is 0 Å². The van der Waals surface area contributed by atoms with Crippen LogP contribution in [0.2, 0.25) is 5.02 Å². The summed E-state index contributed by atoms with van der Waals surface area (Å²) < 4.78 is 0. The number of nitrogens with zero attached hydrogens (tertiary/aromatic N) is 2. The molecule has 0 radical (unpaired) electrons. The molecule has 2 rings (SSSR count). The minimum absolute atomic E-state index is 0.0191. The Balaban J connectivity index is 2.07. The zero-order chi connectivity index (χ0) is 13.8. The largest absolute Gasteiger partial charge is 0.352 e. The highest BCUT2D eigenvalue weighted by Crippen LogP contribution is 2.19. The van der Waals surface area contributed by atoms with Crippen LogP contribution in [0.5, 0.6) is 0 Å². The Labute approximate surface area is 117 Å². The van der Waals surface area contributed by atoms with Gasteiger partial charge in [-0.1, -0.05) is 11.6 Å². The smallest absolute Gasteiger partial charge is 0.257 e. The van der Waals surface area contributed by atoms with Gasteiger partial charge in [0.05, 0.1) is 10.6 Å². The summed E-state index contributed by atoms with van der Waals surface area (Å²) in [5.74, 6) is -0.202. The number of hydrogen-bond acceptors (Lipinski definition) is 3. The van der Waals surface area contributed by atoms with E-state index in [2.05, 4.69) is 10.3 Å². The molecular weight excluding hydrogens is 266 g/mol. The van der Waals surface area contributed by atoms with Crippen molar-refractivity contribution in [2.75, 3.05) is 13.1 Å². The van der Waals surface area contributed by atoms with E-state index in [4.69, 9.17) is 11.6 Å². The van der Waals surface area contributed by atoms with Gasteiger partial charge in [0.2, 0.25) is 5.91 Å². The maximum atomic E-state index is 12.3. The zero-order valence-electron chi connectivity index (χ0n) is 10.7. The molecule has 2 heterocycles. The van der Waals surface area contributed by atoms with Gasteiger partial charge >= 0.3 is 0 Å². The first kappa shape index (κ1) is 13.8. The summed E-state index contributed by atoms with van der Waals surface area (Å²) in [5.41, 5.74) is 0.410. The summed E-state index contributed by atoms with van der Waals surface area (Å²) in [4.78, 5) is 29.1. The molecule has 0 aliphatic carbocycles. The Kier molecular flexibility index (Phi) is 4.37. The summed E-state index contributed by atoms with van der Waals surface area (Å²) >= 11 is 6.00. The lowest BCUT2D eigenvalue weighted by Crippen LogP contribution is -2.49. The number of likely N-dealkylation sites (tertiary alicyclic amines) is 1. The molecule has 1 aliphatic heterocycles. The highest BCUT2D eigenvalue weighted by Gasteiger charge is 2.26. The number of hydrogen-bond donors (Lipinski definition) is 1. The van der Waals surface area contributed by atoms with E-state index >= 15 is 0 Å². The number of pyridine rings is 1. The maximum Gasteiger partial charge on any atom is 0.257 e. The van der Waals surface area contributed by atoms with Crippen molar-refractivity contribution in [2.24, 2.45) is 0 Å². The lowest BCUT2D eigenvalue weighted by molar-refractivity contribution is -0.120. The van der Waals surface area contributed by atoms with Crippen molar-refractivity contribution >= 4 is 23.4 Å². The van der Waals surface area contributed by atoms with Crippen LogP contribution in [0.15, 0.2) is 18.5 Å². The molecule has 1 N–H and O–H groups in total. The molecule has 0 bridgehead atoms. The number of aromatic nitrogens is 1. The van der Waals surface area contributed by atoms with E-state index in [-0.39, 0.29) is 17.9 Å². The number of amides is 2. The molecular formula is C13H16ClN3O2. The summed E-state index contributed by atoms with van der Waals surface area (Å²) in [6.45, 7) is 2.68. The van der Waals surface area contributed by atoms with Crippen molar-refractivity contribution in [1.82, 2.24) is 15.2 Å². The van der Waals surface area contributed by atoms with Gasteiger partial charge in [0.1, 0.15) is 0 Å². The summed E-state index contributed by atoms with van der Waals surface area (Å²) in [5, 5.41) is 3.26.